The fourth-order valence-corrected chi connectivity index (χ4v) is 2.48. The van der Waals surface area contributed by atoms with Crippen molar-refractivity contribution in [3.8, 4) is 0 Å². The summed E-state index contributed by atoms with van der Waals surface area (Å²) >= 11 is 1.63. The smallest absolute Gasteiger partial charge is 0.144 e. The van der Waals surface area contributed by atoms with Gasteiger partial charge in [-0.2, -0.15) is 11.3 Å². The average molecular weight is 225 g/mol. The molecule has 0 aliphatic heterocycles. The lowest BCUT2D eigenvalue weighted by molar-refractivity contribution is -0.128. The molecule has 0 fully saturated rings. The number of thiophene rings is 1. The highest BCUT2D eigenvalue weighted by Crippen LogP contribution is 2.28. The molecule has 2 N–H and O–H groups in total. The van der Waals surface area contributed by atoms with E-state index in [-0.39, 0.29) is 11.2 Å². The van der Waals surface area contributed by atoms with Crippen molar-refractivity contribution < 1.29 is 4.79 Å². The normalized spacial score (nSPS) is 11.7. The molecule has 0 saturated heterocycles. The minimum Gasteiger partial charge on any atom is -0.329 e. The van der Waals surface area contributed by atoms with Gasteiger partial charge in [0.2, 0.25) is 0 Å². The first-order valence-electron chi connectivity index (χ1n) is 5.43. The zero-order chi connectivity index (χ0) is 11.3. The molecule has 84 valence electrons. The van der Waals surface area contributed by atoms with E-state index >= 15 is 0 Å². The number of ketones is 1. The Balaban J connectivity index is 2.73. The summed E-state index contributed by atoms with van der Waals surface area (Å²) in [6.45, 7) is 4.55. The van der Waals surface area contributed by atoms with E-state index in [1.807, 2.05) is 30.7 Å². The lowest BCUT2D eigenvalue weighted by atomic mass is 9.76. The fourth-order valence-electron chi connectivity index (χ4n) is 1.81. The van der Waals surface area contributed by atoms with Crippen molar-refractivity contribution in [3.63, 3.8) is 0 Å². The summed E-state index contributed by atoms with van der Waals surface area (Å²) in [7, 11) is 0. The highest BCUT2D eigenvalue weighted by Gasteiger charge is 2.32. The monoisotopic (exact) mass is 225 g/mol. The Bertz CT molecular complexity index is 293. The third kappa shape index (κ3) is 2.67. The van der Waals surface area contributed by atoms with Crippen molar-refractivity contribution in [2.24, 2.45) is 11.1 Å². The fraction of sp³-hybridized carbons (Fsp3) is 0.583. The van der Waals surface area contributed by atoms with Crippen LogP contribution in [0, 0.1) is 5.41 Å². The number of hydrogen-bond donors (Lipinski definition) is 1. The van der Waals surface area contributed by atoms with Crippen LogP contribution in [0.3, 0.4) is 0 Å². The second kappa shape index (κ2) is 5.42. The zero-order valence-electron chi connectivity index (χ0n) is 9.45. The van der Waals surface area contributed by atoms with Gasteiger partial charge >= 0.3 is 0 Å². The maximum atomic E-state index is 12.2. The van der Waals surface area contributed by atoms with E-state index in [9.17, 15) is 4.79 Å². The minimum absolute atomic E-state index is 0.286. The zero-order valence-corrected chi connectivity index (χ0v) is 10.3. The van der Waals surface area contributed by atoms with Gasteiger partial charge in [0.15, 0.2) is 0 Å². The van der Waals surface area contributed by atoms with Crippen LogP contribution in [0.5, 0.6) is 0 Å². The van der Waals surface area contributed by atoms with Gasteiger partial charge in [-0.3, -0.25) is 4.79 Å². The molecule has 0 saturated carbocycles. The van der Waals surface area contributed by atoms with Gasteiger partial charge in [-0.05, 0) is 35.2 Å². The molecular formula is C12H19NOS. The molecule has 1 aromatic rings. The molecule has 0 aliphatic carbocycles. The highest BCUT2D eigenvalue weighted by atomic mass is 32.1. The van der Waals surface area contributed by atoms with Crippen LogP contribution in [0.2, 0.25) is 0 Å². The summed E-state index contributed by atoms with van der Waals surface area (Å²) in [4.78, 5) is 12.2. The molecule has 15 heavy (non-hydrogen) atoms. The summed E-state index contributed by atoms with van der Waals surface area (Å²) in [5, 5.41) is 4.04. The average Bonchev–Trinajstić information content (AvgIpc) is 2.74. The molecule has 1 rings (SSSR count). The summed E-state index contributed by atoms with van der Waals surface area (Å²) < 4.78 is 0. The molecule has 1 aromatic heterocycles. The maximum Gasteiger partial charge on any atom is 0.144 e. The van der Waals surface area contributed by atoms with Gasteiger partial charge in [-0.1, -0.05) is 13.8 Å². The Morgan fingerprint density at radius 3 is 2.53 bits per heavy atom. The van der Waals surface area contributed by atoms with E-state index in [0.29, 0.717) is 13.0 Å². The number of carbonyl (C=O) groups is 1. The van der Waals surface area contributed by atoms with Crippen LogP contribution >= 0.6 is 11.3 Å². The molecule has 3 heteroatoms. The quantitative estimate of drug-likeness (QED) is 0.808. The molecule has 0 radical (unpaired) electrons. The first-order valence-corrected chi connectivity index (χ1v) is 6.37. The van der Waals surface area contributed by atoms with E-state index in [1.54, 1.807) is 11.3 Å². The van der Waals surface area contributed by atoms with Crippen molar-refractivity contribution in [2.45, 2.75) is 33.1 Å². The van der Waals surface area contributed by atoms with Crippen LogP contribution in [0.4, 0.5) is 0 Å². The molecule has 0 unspecified atom stereocenters. The first kappa shape index (κ1) is 12.4. The van der Waals surface area contributed by atoms with Gasteiger partial charge in [0.25, 0.3) is 0 Å². The Hall–Kier alpha value is -0.670. The van der Waals surface area contributed by atoms with Crippen molar-refractivity contribution in [1.29, 1.82) is 0 Å². The SMILES string of the molecule is CCC(CC)(CN)C(=O)Cc1ccsc1. The number of nitrogens with two attached hydrogens (primary N) is 1. The minimum atomic E-state index is -0.304. The number of hydrogen-bond acceptors (Lipinski definition) is 3. The second-order valence-electron chi connectivity index (χ2n) is 3.92. The van der Waals surface area contributed by atoms with Crippen LogP contribution in [0.1, 0.15) is 32.3 Å². The van der Waals surface area contributed by atoms with Gasteiger partial charge in [-0.15, -0.1) is 0 Å². The van der Waals surface area contributed by atoms with E-state index < -0.39 is 0 Å². The Morgan fingerprint density at radius 1 is 1.47 bits per heavy atom. The number of carbonyl (C=O) groups excluding carboxylic acids is 1. The van der Waals surface area contributed by atoms with Crippen molar-refractivity contribution in [1.82, 2.24) is 0 Å². The molecular weight excluding hydrogens is 206 g/mol. The van der Waals surface area contributed by atoms with Crippen LogP contribution in [0.25, 0.3) is 0 Å². The second-order valence-corrected chi connectivity index (χ2v) is 4.70. The van der Waals surface area contributed by atoms with Gasteiger partial charge < -0.3 is 5.73 Å². The molecule has 0 aliphatic rings. The topological polar surface area (TPSA) is 43.1 Å². The van der Waals surface area contributed by atoms with Gasteiger partial charge in [0, 0.05) is 18.4 Å². The van der Waals surface area contributed by atoms with Crippen LogP contribution in [0.15, 0.2) is 16.8 Å². The predicted molar refractivity (Wildman–Crippen MR) is 65.1 cm³/mol. The number of rotatable bonds is 6. The Kier molecular flexibility index (Phi) is 4.48. The third-order valence-electron chi connectivity index (χ3n) is 3.28. The molecule has 1 heterocycles. The Labute approximate surface area is 95.5 Å². The first-order chi connectivity index (χ1) is 7.18. The molecule has 0 aromatic carbocycles. The maximum absolute atomic E-state index is 12.2. The largest absolute Gasteiger partial charge is 0.329 e. The third-order valence-corrected chi connectivity index (χ3v) is 4.01. The lowest BCUT2D eigenvalue weighted by Crippen LogP contribution is -2.38. The molecule has 0 amide bonds. The van der Waals surface area contributed by atoms with E-state index in [4.69, 9.17) is 5.73 Å². The van der Waals surface area contributed by atoms with E-state index in [2.05, 4.69) is 0 Å². The van der Waals surface area contributed by atoms with Crippen molar-refractivity contribution in [3.05, 3.63) is 22.4 Å². The summed E-state index contributed by atoms with van der Waals surface area (Å²) in [5.74, 6) is 0.286. The van der Waals surface area contributed by atoms with Crippen LogP contribution in [-0.2, 0) is 11.2 Å². The van der Waals surface area contributed by atoms with Gasteiger partial charge in [0.1, 0.15) is 5.78 Å². The Morgan fingerprint density at radius 2 is 2.13 bits per heavy atom. The summed E-state index contributed by atoms with van der Waals surface area (Å²) in [5.41, 5.74) is 6.55. The van der Waals surface area contributed by atoms with E-state index in [1.165, 1.54) is 0 Å². The van der Waals surface area contributed by atoms with Crippen molar-refractivity contribution >= 4 is 17.1 Å². The van der Waals surface area contributed by atoms with Crippen molar-refractivity contribution in [2.75, 3.05) is 6.54 Å². The van der Waals surface area contributed by atoms with Crippen LogP contribution in [-0.4, -0.2) is 12.3 Å². The number of Topliss-reactive ketones (excluding diaryl/α,β-unsaturated/α-hetero) is 1. The lowest BCUT2D eigenvalue weighted by Gasteiger charge is -2.28. The van der Waals surface area contributed by atoms with Crippen LogP contribution < -0.4 is 5.73 Å². The van der Waals surface area contributed by atoms with Gasteiger partial charge in [0.05, 0.1) is 0 Å². The predicted octanol–water partition coefficient (Wildman–Crippen LogP) is 2.62. The molecule has 0 bridgehead atoms. The van der Waals surface area contributed by atoms with E-state index in [0.717, 1.165) is 18.4 Å². The highest BCUT2D eigenvalue weighted by molar-refractivity contribution is 7.07. The summed E-state index contributed by atoms with van der Waals surface area (Å²) in [6, 6.07) is 2.01. The van der Waals surface area contributed by atoms with Gasteiger partial charge in [-0.25, -0.2) is 0 Å². The molecule has 0 atom stereocenters. The molecule has 2 nitrogen and oxygen atoms in total. The summed E-state index contributed by atoms with van der Waals surface area (Å²) in [6.07, 6.45) is 2.20. The molecule has 0 spiro atoms. The standard InChI is InChI=1S/C12H19NOS/c1-3-12(4-2,9-13)11(14)7-10-5-6-15-8-10/h5-6,8H,3-4,7,9,13H2,1-2H3.